The maximum atomic E-state index is 12.7. The molecule has 108 valence electrons. The van der Waals surface area contributed by atoms with Gasteiger partial charge in [-0.3, -0.25) is 9.59 Å². The summed E-state index contributed by atoms with van der Waals surface area (Å²) in [6.45, 7) is 1.43. The average molecular weight is 289 g/mol. The van der Waals surface area contributed by atoms with Crippen molar-refractivity contribution in [2.75, 3.05) is 5.32 Å². The highest BCUT2D eigenvalue weighted by Crippen LogP contribution is 2.22. The van der Waals surface area contributed by atoms with E-state index in [0.717, 1.165) is 10.8 Å². The standard InChI is InChI=1S/C19H15NO2/c1-13(21)20-18-9-5-4-8-17(18)19(22)16-11-10-14-6-2-3-7-15(14)12-16/h2-12H,1H3,(H,20,21). The van der Waals surface area contributed by atoms with Gasteiger partial charge in [0, 0.05) is 18.1 Å². The molecule has 1 amide bonds. The van der Waals surface area contributed by atoms with Gasteiger partial charge in [-0.25, -0.2) is 0 Å². The van der Waals surface area contributed by atoms with Crippen molar-refractivity contribution in [3.63, 3.8) is 0 Å². The number of carbonyl (C=O) groups excluding carboxylic acids is 2. The number of benzene rings is 3. The predicted octanol–water partition coefficient (Wildman–Crippen LogP) is 4.03. The van der Waals surface area contributed by atoms with Gasteiger partial charge in [-0.1, -0.05) is 48.5 Å². The fourth-order valence-electron chi connectivity index (χ4n) is 2.47. The van der Waals surface area contributed by atoms with Crippen molar-refractivity contribution in [2.24, 2.45) is 0 Å². The van der Waals surface area contributed by atoms with Crippen molar-refractivity contribution in [1.82, 2.24) is 0 Å². The van der Waals surface area contributed by atoms with Gasteiger partial charge in [0.15, 0.2) is 5.78 Å². The topological polar surface area (TPSA) is 46.2 Å². The lowest BCUT2D eigenvalue weighted by Gasteiger charge is -2.09. The number of fused-ring (bicyclic) bond motifs is 1. The molecule has 0 saturated heterocycles. The lowest BCUT2D eigenvalue weighted by molar-refractivity contribution is -0.114. The fraction of sp³-hybridized carbons (Fsp3) is 0.0526. The van der Waals surface area contributed by atoms with Gasteiger partial charge in [-0.15, -0.1) is 0 Å². The van der Waals surface area contributed by atoms with Gasteiger partial charge in [-0.2, -0.15) is 0 Å². The van der Waals surface area contributed by atoms with Crippen LogP contribution in [0.4, 0.5) is 5.69 Å². The second-order valence-electron chi connectivity index (χ2n) is 5.12. The average Bonchev–Trinajstić information content (AvgIpc) is 2.54. The largest absolute Gasteiger partial charge is 0.326 e. The van der Waals surface area contributed by atoms with Gasteiger partial charge >= 0.3 is 0 Å². The Morgan fingerprint density at radius 3 is 2.27 bits per heavy atom. The molecule has 1 N–H and O–H groups in total. The maximum Gasteiger partial charge on any atom is 0.221 e. The zero-order chi connectivity index (χ0) is 15.5. The zero-order valence-electron chi connectivity index (χ0n) is 12.2. The minimum atomic E-state index is -0.196. The highest BCUT2D eigenvalue weighted by atomic mass is 16.1. The molecule has 0 saturated carbocycles. The summed E-state index contributed by atoms with van der Waals surface area (Å²) in [4.78, 5) is 24.0. The van der Waals surface area contributed by atoms with E-state index >= 15 is 0 Å². The molecular weight excluding hydrogens is 274 g/mol. The molecule has 0 aliphatic rings. The molecule has 0 atom stereocenters. The van der Waals surface area contributed by atoms with Crippen molar-refractivity contribution in [1.29, 1.82) is 0 Å². The molecule has 0 heterocycles. The zero-order valence-corrected chi connectivity index (χ0v) is 12.2. The first-order valence-corrected chi connectivity index (χ1v) is 7.05. The Kier molecular flexibility index (Phi) is 3.71. The molecule has 0 fully saturated rings. The summed E-state index contributed by atoms with van der Waals surface area (Å²) in [6.07, 6.45) is 0. The number of ketones is 1. The second kappa shape index (κ2) is 5.82. The number of rotatable bonds is 3. The van der Waals surface area contributed by atoms with Gasteiger partial charge in [0.1, 0.15) is 0 Å². The third-order valence-corrected chi connectivity index (χ3v) is 3.49. The van der Waals surface area contributed by atoms with Crippen LogP contribution in [0.25, 0.3) is 10.8 Å². The first-order valence-electron chi connectivity index (χ1n) is 7.05. The van der Waals surface area contributed by atoms with Gasteiger partial charge < -0.3 is 5.32 Å². The number of hydrogen-bond donors (Lipinski definition) is 1. The number of hydrogen-bond acceptors (Lipinski definition) is 2. The normalized spacial score (nSPS) is 10.4. The SMILES string of the molecule is CC(=O)Nc1ccccc1C(=O)c1ccc2ccccc2c1. The van der Waals surface area contributed by atoms with Crippen molar-refractivity contribution in [3.05, 3.63) is 77.9 Å². The molecule has 0 aromatic heterocycles. The summed E-state index contributed by atoms with van der Waals surface area (Å²) < 4.78 is 0. The third-order valence-electron chi connectivity index (χ3n) is 3.49. The van der Waals surface area contributed by atoms with Crippen LogP contribution in [0.2, 0.25) is 0 Å². The van der Waals surface area contributed by atoms with Crippen LogP contribution in [-0.4, -0.2) is 11.7 Å². The van der Waals surface area contributed by atoms with Crippen molar-refractivity contribution >= 4 is 28.2 Å². The summed E-state index contributed by atoms with van der Waals surface area (Å²) >= 11 is 0. The van der Waals surface area contributed by atoms with E-state index < -0.39 is 0 Å². The molecule has 0 aliphatic carbocycles. The Balaban J connectivity index is 2.04. The van der Waals surface area contributed by atoms with Gasteiger partial charge in [0.25, 0.3) is 0 Å². The third kappa shape index (κ3) is 2.74. The second-order valence-corrected chi connectivity index (χ2v) is 5.12. The Morgan fingerprint density at radius 2 is 1.50 bits per heavy atom. The van der Waals surface area contributed by atoms with Gasteiger partial charge in [0.05, 0.1) is 5.69 Å². The van der Waals surface area contributed by atoms with Gasteiger partial charge in [0.2, 0.25) is 5.91 Å². The Bertz CT molecular complexity index is 868. The van der Waals surface area contributed by atoms with E-state index in [1.165, 1.54) is 6.92 Å². The highest BCUT2D eigenvalue weighted by Gasteiger charge is 2.14. The van der Waals surface area contributed by atoms with Crippen LogP contribution in [-0.2, 0) is 4.79 Å². The number of para-hydroxylation sites is 1. The molecule has 0 aliphatic heterocycles. The van der Waals surface area contributed by atoms with E-state index in [1.54, 1.807) is 24.3 Å². The Hall–Kier alpha value is -2.94. The summed E-state index contributed by atoms with van der Waals surface area (Å²) in [7, 11) is 0. The molecule has 3 aromatic carbocycles. The molecule has 3 nitrogen and oxygen atoms in total. The smallest absolute Gasteiger partial charge is 0.221 e. The van der Waals surface area contributed by atoms with E-state index in [-0.39, 0.29) is 11.7 Å². The van der Waals surface area contributed by atoms with Crippen LogP contribution >= 0.6 is 0 Å². The molecule has 0 bridgehead atoms. The molecule has 0 spiro atoms. The molecule has 0 radical (unpaired) electrons. The number of nitrogens with one attached hydrogen (secondary N) is 1. The lowest BCUT2D eigenvalue weighted by Crippen LogP contribution is -2.11. The Morgan fingerprint density at radius 1 is 0.818 bits per heavy atom. The summed E-state index contributed by atoms with van der Waals surface area (Å²) in [5.74, 6) is -0.297. The van der Waals surface area contributed by atoms with E-state index in [0.29, 0.717) is 16.8 Å². The molecular formula is C19H15NO2. The molecule has 0 unspecified atom stereocenters. The van der Waals surface area contributed by atoms with Crippen LogP contribution < -0.4 is 5.32 Å². The maximum absolute atomic E-state index is 12.7. The molecule has 22 heavy (non-hydrogen) atoms. The summed E-state index contributed by atoms with van der Waals surface area (Å²) in [5.41, 5.74) is 1.64. The summed E-state index contributed by atoms with van der Waals surface area (Å²) in [5, 5.41) is 4.81. The van der Waals surface area contributed by atoms with E-state index in [4.69, 9.17) is 0 Å². The van der Waals surface area contributed by atoms with E-state index in [9.17, 15) is 9.59 Å². The monoisotopic (exact) mass is 289 g/mol. The first-order chi connectivity index (χ1) is 10.6. The van der Waals surface area contributed by atoms with Crippen LogP contribution in [0.15, 0.2) is 66.7 Å². The van der Waals surface area contributed by atoms with E-state index in [2.05, 4.69) is 5.32 Å². The fourth-order valence-corrected chi connectivity index (χ4v) is 2.47. The van der Waals surface area contributed by atoms with Gasteiger partial charge in [-0.05, 0) is 29.0 Å². The van der Waals surface area contributed by atoms with Crippen LogP contribution in [0.1, 0.15) is 22.8 Å². The molecule has 3 heteroatoms. The highest BCUT2D eigenvalue weighted by molar-refractivity contribution is 6.14. The predicted molar refractivity (Wildman–Crippen MR) is 88.1 cm³/mol. The number of amides is 1. The molecule has 3 rings (SSSR count). The first kappa shape index (κ1) is 14.0. The minimum absolute atomic E-state index is 0.102. The van der Waals surface area contributed by atoms with Crippen molar-refractivity contribution < 1.29 is 9.59 Å². The van der Waals surface area contributed by atoms with Crippen LogP contribution in [0, 0.1) is 0 Å². The number of carbonyl (C=O) groups is 2. The number of anilines is 1. The van der Waals surface area contributed by atoms with Crippen molar-refractivity contribution in [2.45, 2.75) is 6.92 Å². The quantitative estimate of drug-likeness (QED) is 0.740. The molecule has 3 aromatic rings. The Labute approximate surface area is 128 Å². The van der Waals surface area contributed by atoms with Crippen molar-refractivity contribution in [3.8, 4) is 0 Å². The van der Waals surface area contributed by atoms with Crippen LogP contribution in [0.3, 0.4) is 0 Å². The lowest BCUT2D eigenvalue weighted by atomic mass is 9.99. The summed E-state index contributed by atoms with van der Waals surface area (Å²) in [6, 6.07) is 20.6. The minimum Gasteiger partial charge on any atom is -0.326 e. The van der Waals surface area contributed by atoms with E-state index in [1.807, 2.05) is 42.5 Å². The van der Waals surface area contributed by atoms with Crippen LogP contribution in [0.5, 0.6) is 0 Å².